The van der Waals surface area contributed by atoms with Crippen LogP contribution in [0.3, 0.4) is 0 Å². The van der Waals surface area contributed by atoms with Crippen molar-refractivity contribution in [1.82, 2.24) is 4.90 Å². The second kappa shape index (κ2) is 9.18. The highest BCUT2D eigenvalue weighted by molar-refractivity contribution is 5.95. The van der Waals surface area contributed by atoms with Gasteiger partial charge in [-0.05, 0) is 30.3 Å². The maximum absolute atomic E-state index is 12.9. The van der Waals surface area contributed by atoms with E-state index in [2.05, 4.69) is 4.90 Å². The number of anilines is 1. The predicted molar refractivity (Wildman–Crippen MR) is 109 cm³/mol. The SMILES string of the molecule is COc1cc(C(=O)N2CCN(c3ccccc3OC)CC2)ccc1OCC(N)=O. The van der Waals surface area contributed by atoms with Gasteiger partial charge in [-0.1, -0.05) is 12.1 Å². The lowest BCUT2D eigenvalue weighted by Crippen LogP contribution is -2.48. The van der Waals surface area contributed by atoms with Crippen LogP contribution < -0.4 is 24.8 Å². The zero-order valence-corrected chi connectivity index (χ0v) is 16.6. The molecule has 1 aliphatic rings. The molecule has 8 nitrogen and oxygen atoms in total. The molecule has 2 aromatic rings. The Morgan fingerprint density at radius 3 is 2.28 bits per heavy atom. The number of primary amides is 1. The first-order valence-electron chi connectivity index (χ1n) is 9.30. The highest BCUT2D eigenvalue weighted by atomic mass is 16.5. The van der Waals surface area contributed by atoms with E-state index in [9.17, 15) is 9.59 Å². The van der Waals surface area contributed by atoms with Gasteiger partial charge in [0.2, 0.25) is 0 Å². The average Bonchev–Trinajstić information content (AvgIpc) is 2.77. The molecule has 154 valence electrons. The number of nitrogens with two attached hydrogens (primary N) is 1. The molecule has 8 heteroatoms. The lowest BCUT2D eigenvalue weighted by molar-refractivity contribution is -0.119. The second-order valence-corrected chi connectivity index (χ2v) is 6.57. The molecule has 1 heterocycles. The molecule has 0 saturated carbocycles. The van der Waals surface area contributed by atoms with Gasteiger partial charge in [0.25, 0.3) is 11.8 Å². The summed E-state index contributed by atoms with van der Waals surface area (Å²) in [6.45, 7) is 2.36. The fraction of sp³-hybridized carbons (Fsp3) is 0.333. The molecular weight excluding hydrogens is 374 g/mol. The number of amides is 2. The number of carbonyl (C=O) groups excluding carboxylic acids is 2. The van der Waals surface area contributed by atoms with Crippen molar-refractivity contribution >= 4 is 17.5 Å². The number of benzene rings is 2. The molecule has 1 fully saturated rings. The summed E-state index contributed by atoms with van der Waals surface area (Å²) in [7, 11) is 3.13. The Balaban J connectivity index is 1.66. The van der Waals surface area contributed by atoms with Crippen LogP contribution in [-0.2, 0) is 4.79 Å². The van der Waals surface area contributed by atoms with Crippen LogP contribution >= 0.6 is 0 Å². The van der Waals surface area contributed by atoms with Gasteiger partial charge >= 0.3 is 0 Å². The van der Waals surface area contributed by atoms with Crippen LogP contribution in [0.2, 0.25) is 0 Å². The molecule has 3 rings (SSSR count). The van der Waals surface area contributed by atoms with Gasteiger partial charge in [0.05, 0.1) is 19.9 Å². The second-order valence-electron chi connectivity index (χ2n) is 6.57. The zero-order valence-electron chi connectivity index (χ0n) is 16.6. The van der Waals surface area contributed by atoms with Crippen LogP contribution in [0.5, 0.6) is 17.2 Å². The van der Waals surface area contributed by atoms with E-state index in [1.165, 1.54) is 7.11 Å². The summed E-state index contributed by atoms with van der Waals surface area (Å²) in [5.74, 6) is 0.904. The van der Waals surface area contributed by atoms with Crippen LogP contribution in [0.1, 0.15) is 10.4 Å². The third-order valence-corrected chi connectivity index (χ3v) is 4.77. The molecule has 0 spiro atoms. The van der Waals surface area contributed by atoms with Gasteiger partial charge in [-0.15, -0.1) is 0 Å². The van der Waals surface area contributed by atoms with Crippen molar-refractivity contribution in [3.8, 4) is 17.2 Å². The number of rotatable bonds is 7. The first-order chi connectivity index (χ1) is 14.0. The lowest BCUT2D eigenvalue weighted by Gasteiger charge is -2.36. The topological polar surface area (TPSA) is 94.3 Å². The number of para-hydroxylation sites is 2. The lowest BCUT2D eigenvalue weighted by atomic mass is 10.1. The number of nitrogens with zero attached hydrogens (tertiary/aromatic N) is 2. The molecule has 29 heavy (non-hydrogen) atoms. The molecule has 2 amide bonds. The van der Waals surface area contributed by atoms with Crippen molar-refractivity contribution in [2.45, 2.75) is 0 Å². The molecule has 0 bridgehead atoms. The van der Waals surface area contributed by atoms with Crippen LogP contribution in [0.4, 0.5) is 5.69 Å². The average molecular weight is 399 g/mol. The van der Waals surface area contributed by atoms with E-state index in [1.807, 2.05) is 29.2 Å². The quantitative estimate of drug-likeness (QED) is 0.759. The van der Waals surface area contributed by atoms with Crippen molar-refractivity contribution in [2.75, 3.05) is 51.9 Å². The Morgan fingerprint density at radius 2 is 1.62 bits per heavy atom. The summed E-state index contributed by atoms with van der Waals surface area (Å²) in [4.78, 5) is 27.9. The number of ether oxygens (including phenoxy) is 3. The van der Waals surface area contributed by atoms with Gasteiger partial charge in [0, 0.05) is 31.7 Å². The van der Waals surface area contributed by atoms with E-state index in [0.717, 1.165) is 11.4 Å². The normalized spacial score (nSPS) is 13.7. The summed E-state index contributed by atoms with van der Waals surface area (Å²) in [6.07, 6.45) is 0. The van der Waals surface area contributed by atoms with Gasteiger partial charge < -0.3 is 29.7 Å². The largest absolute Gasteiger partial charge is 0.495 e. The molecular formula is C21H25N3O5. The Labute approximate surface area is 169 Å². The van der Waals surface area contributed by atoms with Crippen molar-refractivity contribution < 1.29 is 23.8 Å². The van der Waals surface area contributed by atoms with Crippen LogP contribution in [0, 0.1) is 0 Å². The summed E-state index contributed by atoms with van der Waals surface area (Å²) in [5.41, 5.74) is 6.63. The van der Waals surface area contributed by atoms with Crippen LogP contribution in [0.15, 0.2) is 42.5 Å². The summed E-state index contributed by atoms with van der Waals surface area (Å²) >= 11 is 0. The van der Waals surface area contributed by atoms with Gasteiger partial charge in [0.15, 0.2) is 18.1 Å². The van der Waals surface area contributed by atoms with Crippen molar-refractivity contribution in [3.05, 3.63) is 48.0 Å². The fourth-order valence-corrected chi connectivity index (χ4v) is 3.29. The predicted octanol–water partition coefficient (Wildman–Crippen LogP) is 1.53. The van der Waals surface area contributed by atoms with Crippen LogP contribution in [0.25, 0.3) is 0 Å². The van der Waals surface area contributed by atoms with Gasteiger partial charge in [-0.2, -0.15) is 0 Å². The Morgan fingerprint density at radius 1 is 0.931 bits per heavy atom. The Kier molecular flexibility index (Phi) is 6.43. The van der Waals surface area contributed by atoms with Crippen molar-refractivity contribution in [3.63, 3.8) is 0 Å². The van der Waals surface area contributed by atoms with Crippen molar-refractivity contribution in [1.29, 1.82) is 0 Å². The van der Waals surface area contributed by atoms with E-state index in [1.54, 1.807) is 25.3 Å². The zero-order chi connectivity index (χ0) is 20.8. The summed E-state index contributed by atoms with van der Waals surface area (Å²) < 4.78 is 16.0. The van der Waals surface area contributed by atoms with Crippen molar-refractivity contribution in [2.24, 2.45) is 5.73 Å². The van der Waals surface area contributed by atoms with Crippen LogP contribution in [-0.4, -0.2) is 63.7 Å². The molecule has 1 aliphatic heterocycles. The maximum atomic E-state index is 12.9. The molecule has 1 saturated heterocycles. The van der Waals surface area contributed by atoms with E-state index in [-0.39, 0.29) is 12.5 Å². The van der Waals surface area contributed by atoms with Gasteiger partial charge in [-0.3, -0.25) is 9.59 Å². The number of piperazine rings is 1. The van der Waals surface area contributed by atoms with E-state index in [4.69, 9.17) is 19.9 Å². The third kappa shape index (κ3) is 4.71. The number of carbonyl (C=O) groups is 2. The monoisotopic (exact) mass is 399 g/mol. The molecule has 0 radical (unpaired) electrons. The minimum absolute atomic E-state index is 0.0792. The van der Waals surface area contributed by atoms with Gasteiger partial charge in [-0.25, -0.2) is 0 Å². The standard InChI is InChI=1S/C21H25N3O5/c1-27-17-6-4-3-5-16(17)23-9-11-24(12-10-23)21(26)15-7-8-18(19(13-15)28-2)29-14-20(22)25/h3-8,13H,9-12,14H2,1-2H3,(H2,22,25). The number of hydrogen-bond acceptors (Lipinski definition) is 6. The molecule has 2 N–H and O–H groups in total. The van der Waals surface area contributed by atoms with E-state index < -0.39 is 5.91 Å². The highest BCUT2D eigenvalue weighted by Gasteiger charge is 2.24. The fourth-order valence-electron chi connectivity index (χ4n) is 3.29. The highest BCUT2D eigenvalue weighted by Crippen LogP contribution is 2.30. The summed E-state index contributed by atoms with van der Waals surface area (Å²) in [6, 6.07) is 12.8. The maximum Gasteiger partial charge on any atom is 0.255 e. The first-order valence-corrected chi connectivity index (χ1v) is 9.30. The smallest absolute Gasteiger partial charge is 0.255 e. The minimum atomic E-state index is -0.583. The summed E-state index contributed by atoms with van der Waals surface area (Å²) in [5, 5.41) is 0. The van der Waals surface area contributed by atoms with E-state index in [0.29, 0.717) is 43.2 Å². The molecule has 0 aromatic heterocycles. The third-order valence-electron chi connectivity index (χ3n) is 4.77. The number of methoxy groups -OCH3 is 2. The molecule has 0 aliphatic carbocycles. The minimum Gasteiger partial charge on any atom is -0.495 e. The molecule has 0 unspecified atom stereocenters. The Hall–Kier alpha value is -3.42. The van der Waals surface area contributed by atoms with Gasteiger partial charge in [0.1, 0.15) is 5.75 Å². The van der Waals surface area contributed by atoms with E-state index >= 15 is 0 Å². The Bertz CT molecular complexity index is 878. The molecule has 2 aromatic carbocycles. The first kappa shape index (κ1) is 20.3. The number of hydrogen-bond donors (Lipinski definition) is 1. The molecule has 0 atom stereocenters.